The highest BCUT2D eigenvalue weighted by Gasteiger charge is 2.31. The van der Waals surface area contributed by atoms with Crippen LogP contribution in [0.15, 0.2) is 77.7 Å². The second-order valence-corrected chi connectivity index (χ2v) is 13.6. The summed E-state index contributed by atoms with van der Waals surface area (Å²) < 4.78 is 33.0. The predicted molar refractivity (Wildman–Crippen MR) is 167 cm³/mol. The van der Waals surface area contributed by atoms with Crippen molar-refractivity contribution >= 4 is 45.1 Å². The molecule has 0 radical (unpaired) electrons. The van der Waals surface area contributed by atoms with Crippen molar-refractivity contribution in [3.63, 3.8) is 0 Å². The third kappa shape index (κ3) is 6.65. The molecule has 232 valence electrons. The van der Waals surface area contributed by atoms with Gasteiger partial charge in [-0.25, -0.2) is 13.2 Å². The minimum absolute atomic E-state index is 0.00748. The molecule has 0 aromatic heterocycles. The third-order valence-electron chi connectivity index (χ3n) is 7.51. The van der Waals surface area contributed by atoms with Gasteiger partial charge in [-0.15, -0.1) is 0 Å². The van der Waals surface area contributed by atoms with Crippen LogP contribution >= 0.6 is 0 Å². The van der Waals surface area contributed by atoms with Crippen LogP contribution in [0.3, 0.4) is 0 Å². The van der Waals surface area contributed by atoms with E-state index in [1.165, 1.54) is 18.2 Å². The normalized spacial score (nSPS) is 15.1. The van der Waals surface area contributed by atoms with Crippen LogP contribution in [0, 0.1) is 0 Å². The van der Waals surface area contributed by atoms with Gasteiger partial charge >= 0.3 is 12.1 Å². The number of ether oxygens (including phenoxy) is 1. The lowest BCUT2D eigenvalue weighted by Crippen LogP contribution is -2.50. The molecular weight excluding hydrogens is 584 g/mol. The minimum Gasteiger partial charge on any atom is -0.480 e. The number of hydrogen-bond donors (Lipinski definition) is 1. The van der Waals surface area contributed by atoms with Crippen molar-refractivity contribution in [3.05, 3.63) is 83.9 Å². The molecule has 2 heterocycles. The van der Waals surface area contributed by atoms with Gasteiger partial charge in [0.1, 0.15) is 12.1 Å². The fourth-order valence-corrected chi connectivity index (χ4v) is 6.78. The van der Waals surface area contributed by atoms with E-state index in [2.05, 4.69) is 4.90 Å². The van der Waals surface area contributed by atoms with Crippen LogP contribution in [-0.2, 0) is 26.0 Å². The molecule has 2 aliphatic rings. The van der Waals surface area contributed by atoms with Crippen molar-refractivity contribution < 1.29 is 32.6 Å². The molecule has 1 N–H and O–H groups in total. The van der Waals surface area contributed by atoms with Crippen LogP contribution in [0.1, 0.15) is 36.7 Å². The Morgan fingerprint density at radius 3 is 2.16 bits per heavy atom. The Morgan fingerprint density at radius 1 is 0.886 bits per heavy atom. The number of amides is 2. The fraction of sp³-hybridized carbons (Fsp3) is 0.344. The largest absolute Gasteiger partial charge is 0.480 e. The number of carboxylic acid groups (broad SMARTS) is 1. The van der Waals surface area contributed by atoms with Gasteiger partial charge in [0, 0.05) is 49.7 Å². The zero-order valence-electron chi connectivity index (χ0n) is 25.0. The number of aliphatic carboxylic acids is 1. The molecule has 5 rings (SSSR count). The molecule has 2 amide bonds. The Hall–Kier alpha value is -4.58. The number of benzene rings is 3. The summed E-state index contributed by atoms with van der Waals surface area (Å²) in [5.74, 6) is -1.47. The number of carbonyl (C=O) groups excluding carboxylic acids is 2. The Kier molecular flexibility index (Phi) is 8.55. The molecule has 44 heavy (non-hydrogen) atoms. The van der Waals surface area contributed by atoms with E-state index >= 15 is 0 Å². The first-order chi connectivity index (χ1) is 20.8. The summed E-state index contributed by atoms with van der Waals surface area (Å²) in [6.45, 7) is 7.59. The summed E-state index contributed by atoms with van der Waals surface area (Å²) in [4.78, 5) is 43.0. The fourth-order valence-electron chi connectivity index (χ4n) is 5.36. The van der Waals surface area contributed by atoms with E-state index in [1.54, 1.807) is 52.3 Å². The zero-order valence-corrected chi connectivity index (χ0v) is 25.8. The van der Waals surface area contributed by atoms with Crippen molar-refractivity contribution in [3.8, 4) is 0 Å². The molecule has 0 unspecified atom stereocenters. The van der Waals surface area contributed by atoms with Crippen molar-refractivity contribution in [1.82, 2.24) is 4.90 Å². The molecule has 3 aromatic carbocycles. The highest BCUT2D eigenvalue weighted by molar-refractivity contribution is 7.92. The predicted octanol–water partition coefficient (Wildman–Crippen LogP) is 4.23. The van der Waals surface area contributed by atoms with E-state index in [4.69, 9.17) is 4.74 Å². The molecular formula is C32H36N4O7S. The minimum atomic E-state index is -4.13. The van der Waals surface area contributed by atoms with E-state index in [9.17, 15) is 27.9 Å². The first-order valence-corrected chi connectivity index (χ1v) is 15.8. The van der Waals surface area contributed by atoms with Crippen LogP contribution in [0.2, 0.25) is 0 Å². The molecule has 1 saturated heterocycles. The van der Waals surface area contributed by atoms with Gasteiger partial charge in [-0.2, -0.15) is 0 Å². The number of carboxylic acids is 1. The van der Waals surface area contributed by atoms with Gasteiger partial charge in [0.25, 0.3) is 15.9 Å². The number of hydrogen-bond acceptors (Lipinski definition) is 7. The molecule has 3 aromatic rings. The van der Waals surface area contributed by atoms with Gasteiger partial charge in [0.05, 0.1) is 10.6 Å². The summed E-state index contributed by atoms with van der Waals surface area (Å²) in [6.07, 6.45) is 0.185. The van der Waals surface area contributed by atoms with Crippen LogP contribution in [-0.4, -0.2) is 81.3 Å². The highest BCUT2D eigenvalue weighted by Crippen LogP contribution is 2.35. The molecule has 11 nitrogen and oxygen atoms in total. The van der Waals surface area contributed by atoms with Gasteiger partial charge in [0.2, 0.25) is 0 Å². The molecule has 12 heteroatoms. The maximum Gasteiger partial charge on any atom is 0.410 e. The van der Waals surface area contributed by atoms with E-state index < -0.39 is 28.1 Å². The summed E-state index contributed by atoms with van der Waals surface area (Å²) in [5.41, 5.74) is 2.56. The summed E-state index contributed by atoms with van der Waals surface area (Å²) >= 11 is 0. The maximum atomic E-state index is 13.5. The zero-order chi connectivity index (χ0) is 31.6. The average molecular weight is 621 g/mol. The number of anilines is 3. The number of rotatable bonds is 7. The summed E-state index contributed by atoms with van der Waals surface area (Å²) in [6, 6.07) is 19.9. The molecule has 1 fully saturated rings. The first-order valence-electron chi connectivity index (χ1n) is 14.4. The molecule has 0 spiro atoms. The Bertz CT molecular complexity index is 1650. The van der Waals surface area contributed by atoms with Crippen LogP contribution in [0.4, 0.5) is 21.9 Å². The van der Waals surface area contributed by atoms with Gasteiger partial charge in [-0.1, -0.05) is 18.2 Å². The van der Waals surface area contributed by atoms with Gasteiger partial charge in [0.15, 0.2) is 0 Å². The maximum absolute atomic E-state index is 13.5. The average Bonchev–Trinajstić information content (AvgIpc) is 3.42. The van der Waals surface area contributed by atoms with Crippen LogP contribution in [0.5, 0.6) is 0 Å². The molecule has 0 bridgehead atoms. The van der Waals surface area contributed by atoms with Gasteiger partial charge in [-0.05, 0) is 87.4 Å². The standard InChI is InChI=1S/C32H36N4O7S/c1-32(2,3)43-31(40)34-19-17-33(18-20-34)25-11-9-23(10-12-25)30(39)35-16-15-24-21-26(13-14-28(24)35)36(22-29(37)38)44(41,42)27-7-5-4-6-8-27/h4-14,21H,15-20,22H2,1-3H3,(H,37,38). The second kappa shape index (κ2) is 12.2. The Balaban J connectivity index is 1.28. The number of carbonyl (C=O) groups is 3. The molecule has 0 atom stereocenters. The smallest absolute Gasteiger partial charge is 0.410 e. The number of nitrogens with zero attached hydrogens (tertiary/aromatic N) is 4. The van der Waals surface area contributed by atoms with Crippen molar-refractivity contribution in [2.75, 3.05) is 53.4 Å². The lowest BCUT2D eigenvalue weighted by atomic mass is 10.1. The van der Waals surface area contributed by atoms with E-state index in [0.29, 0.717) is 50.4 Å². The first kappa shape index (κ1) is 30.9. The quantitative estimate of drug-likeness (QED) is 0.416. The summed E-state index contributed by atoms with van der Waals surface area (Å²) in [5, 5.41) is 9.48. The Morgan fingerprint density at radius 2 is 1.55 bits per heavy atom. The van der Waals surface area contributed by atoms with Crippen LogP contribution in [0.25, 0.3) is 0 Å². The number of sulfonamides is 1. The van der Waals surface area contributed by atoms with Crippen molar-refractivity contribution in [2.24, 2.45) is 0 Å². The van der Waals surface area contributed by atoms with E-state index in [-0.39, 0.29) is 22.6 Å². The van der Waals surface area contributed by atoms with Crippen molar-refractivity contribution in [2.45, 2.75) is 37.7 Å². The highest BCUT2D eigenvalue weighted by atomic mass is 32.2. The lowest BCUT2D eigenvalue weighted by Gasteiger charge is -2.36. The Labute approximate surface area is 257 Å². The second-order valence-electron chi connectivity index (χ2n) is 11.7. The monoisotopic (exact) mass is 620 g/mol. The van der Waals surface area contributed by atoms with Gasteiger partial charge < -0.3 is 24.5 Å². The summed E-state index contributed by atoms with van der Waals surface area (Å²) in [7, 11) is -4.13. The van der Waals surface area contributed by atoms with Crippen molar-refractivity contribution in [1.29, 1.82) is 0 Å². The molecule has 0 aliphatic carbocycles. The topological polar surface area (TPSA) is 128 Å². The third-order valence-corrected chi connectivity index (χ3v) is 9.30. The van der Waals surface area contributed by atoms with E-state index in [0.717, 1.165) is 15.6 Å². The van der Waals surface area contributed by atoms with Gasteiger partial charge in [-0.3, -0.25) is 13.9 Å². The van der Waals surface area contributed by atoms with Crippen LogP contribution < -0.4 is 14.1 Å². The number of piperazine rings is 1. The SMILES string of the molecule is CC(C)(C)OC(=O)N1CCN(c2ccc(C(=O)N3CCc4cc(N(CC(=O)O)S(=O)(=O)c5ccccc5)ccc43)cc2)CC1. The molecule has 0 saturated carbocycles. The molecule has 2 aliphatic heterocycles. The van der Waals surface area contributed by atoms with E-state index in [1.807, 2.05) is 32.9 Å². The lowest BCUT2D eigenvalue weighted by molar-refractivity contribution is -0.135. The number of fused-ring (bicyclic) bond motifs is 1.